The van der Waals surface area contributed by atoms with E-state index in [4.69, 9.17) is 9.47 Å². The molecule has 2 aliphatic rings. The van der Waals surface area contributed by atoms with Crippen LogP contribution in [0.1, 0.15) is 42.4 Å². The minimum Gasteiger partial charge on any atom is -0.372 e. The van der Waals surface area contributed by atoms with Crippen LogP contribution < -0.4 is 0 Å². The fraction of sp³-hybridized carbons (Fsp3) is 0.400. The summed E-state index contributed by atoms with van der Waals surface area (Å²) >= 11 is 0. The molecule has 2 saturated heterocycles. The van der Waals surface area contributed by atoms with Crippen molar-refractivity contribution in [2.45, 2.75) is 36.9 Å². The fourth-order valence-electron chi connectivity index (χ4n) is 3.80. The monoisotopic (exact) mass is 348 g/mol. The first kappa shape index (κ1) is 17.4. The molecule has 3 atom stereocenters. The quantitative estimate of drug-likeness (QED) is 0.756. The summed E-state index contributed by atoms with van der Waals surface area (Å²) in [6.45, 7) is 1.34. The van der Waals surface area contributed by atoms with E-state index in [1.165, 1.54) is 17.7 Å². The molecule has 0 radical (unpaired) electrons. The molecule has 128 valence electrons. The third kappa shape index (κ3) is 3.49. The molecule has 2 aromatic rings. The second-order valence-electron chi connectivity index (χ2n) is 6.70. The summed E-state index contributed by atoms with van der Waals surface area (Å²) < 4.78 is 25.3. The van der Waals surface area contributed by atoms with Gasteiger partial charge in [0.1, 0.15) is 5.82 Å². The predicted molar refractivity (Wildman–Crippen MR) is 94.1 cm³/mol. The molecule has 2 fully saturated rings. The van der Waals surface area contributed by atoms with Gasteiger partial charge in [0.15, 0.2) is 0 Å². The molecule has 0 bridgehead atoms. The van der Waals surface area contributed by atoms with E-state index in [0.29, 0.717) is 19.1 Å². The molecule has 2 heterocycles. The Morgan fingerprint density at radius 3 is 2.38 bits per heavy atom. The first-order chi connectivity index (χ1) is 11.2. The molecule has 4 heteroatoms. The number of benzene rings is 2. The highest BCUT2D eigenvalue weighted by molar-refractivity contribution is 5.85. The van der Waals surface area contributed by atoms with Gasteiger partial charge >= 0.3 is 0 Å². The van der Waals surface area contributed by atoms with Gasteiger partial charge in [0.2, 0.25) is 0 Å². The first-order valence-electron chi connectivity index (χ1n) is 8.30. The van der Waals surface area contributed by atoms with E-state index in [-0.39, 0.29) is 29.9 Å². The smallest absolute Gasteiger partial charge is 0.123 e. The van der Waals surface area contributed by atoms with Crippen LogP contribution in [0.2, 0.25) is 0 Å². The van der Waals surface area contributed by atoms with Gasteiger partial charge in [0, 0.05) is 5.92 Å². The molecule has 2 aromatic carbocycles. The van der Waals surface area contributed by atoms with E-state index in [1.54, 1.807) is 0 Å². The summed E-state index contributed by atoms with van der Waals surface area (Å²) in [5.41, 5.74) is 2.24. The average Bonchev–Trinajstić information content (AvgIpc) is 3.01. The van der Waals surface area contributed by atoms with E-state index in [9.17, 15) is 4.39 Å². The second-order valence-corrected chi connectivity index (χ2v) is 6.70. The Hall–Kier alpha value is -1.42. The number of ether oxygens (including phenoxy) is 2. The lowest BCUT2D eigenvalue weighted by Gasteiger charge is -2.36. The van der Waals surface area contributed by atoms with Crippen LogP contribution in [0.4, 0.5) is 4.39 Å². The fourth-order valence-corrected chi connectivity index (χ4v) is 3.80. The van der Waals surface area contributed by atoms with Crippen LogP contribution in [0.3, 0.4) is 0 Å². The van der Waals surface area contributed by atoms with Crippen molar-refractivity contribution in [3.8, 4) is 0 Å². The molecule has 1 spiro atoms. The van der Waals surface area contributed by atoms with Crippen LogP contribution in [0, 0.1) is 5.82 Å². The van der Waals surface area contributed by atoms with Gasteiger partial charge in [0.05, 0.1) is 24.9 Å². The molecule has 0 aliphatic carbocycles. The summed E-state index contributed by atoms with van der Waals surface area (Å²) in [7, 11) is 0. The SMILES string of the molecule is Cl.Fc1ccc(C2COC3(CCC(c4ccccc4)OC3)C2)cc1. The Morgan fingerprint density at radius 1 is 0.958 bits per heavy atom. The van der Waals surface area contributed by atoms with E-state index < -0.39 is 0 Å². The van der Waals surface area contributed by atoms with Crippen molar-refractivity contribution in [2.24, 2.45) is 0 Å². The van der Waals surface area contributed by atoms with Gasteiger partial charge < -0.3 is 9.47 Å². The number of hydrogen-bond donors (Lipinski definition) is 0. The van der Waals surface area contributed by atoms with Crippen LogP contribution in [0.15, 0.2) is 54.6 Å². The van der Waals surface area contributed by atoms with Crippen LogP contribution in [-0.2, 0) is 9.47 Å². The average molecular weight is 349 g/mol. The third-order valence-electron chi connectivity index (χ3n) is 5.13. The summed E-state index contributed by atoms with van der Waals surface area (Å²) in [4.78, 5) is 0. The highest BCUT2D eigenvalue weighted by atomic mass is 35.5. The third-order valence-corrected chi connectivity index (χ3v) is 5.13. The van der Waals surface area contributed by atoms with Gasteiger partial charge in [-0.15, -0.1) is 12.4 Å². The van der Waals surface area contributed by atoms with Crippen molar-refractivity contribution in [3.63, 3.8) is 0 Å². The van der Waals surface area contributed by atoms with E-state index in [1.807, 2.05) is 18.2 Å². The Balaban J connectivity index is 0.00000169. The maximum atomic E-state index is 13.1. The maximum absolute atomic E-state index is 13.1. The van der Waals surface area contributed by atoms with Crippen LogP contribution in [-0.4, -0.2) is 18.8 Å². The van der Waals surface area contributed by atoms with Crippen molar-refractivity contribution >= 4 is 12.4 Å². The molecule has 24 heavy (non-hydrogen) atoms. The molecule has 2 nitrogen and oxygen atoms in total. The van der Waals surface area contributed by atoms with Gasteiger partial charge in [0.25, 0.3) is 0 Å². The molecule has 0 saturated carbocycles. The van der Waals surface area contributed by atoms with E-state index in [2.05, 4.69) is 24.3 Å². The molecule has 2 aliphatic heterocycles. The lowest BCUT2D eigenvalue weighted by atomic mass is 9.84. The summed E-state index contributed by atoms with van der Waals surface area (Å²) in [6, 6.07) is 17.2. The maximum Gasteiger partial charge on any atom is 0.123 e. The molecule has 3 unspecified atom stereocenters. The Bertz CT molecular complexity index is 651. The zero-order valence-electron chi connectivity index (χ0n) is 13.5. The van der Waals surface area contributed by atoms with Crippen molar-refractivity contribution < 1.29 is 13.9 Å². The number of rotatable bonds is 2. The normalized spacial score (nSPS) is 29.4. The Labute approximate surface area is 148 Å². The van der Waals surface area contributed by atoms with E-state index in [0.717, 1.165) is 24.8 Å². The highest BCUT2D eigenvalue weighted by Gasteiger charge is 2.44. The van der Waals surface area contributed by atoms with Crippen LogP contribution in [0.25, 0.3) is 0 Å². The van der Waals surface area contributed by atoms with Gasteiger partial charge in [-0.05, 0) is 42.5 Å². The zero-order chi connectivity index (χ0) is 15.7. The van der Waals surface area contributed by atoms with Crippen molar-refractivity contribution in [3.05, 3.63) is 71.5 Å². The van der Waals surface area contributed by atoms with Gasteiger partial charge in [-0.2, -0.15) is 0 Å². The van der Waals surface area contributed by atoms with Crippen LogP contribution in [0.5, 0.6) is 0 Å². The Morgan fingerprint density at radius 2 is 1.71 bits per heavy atom. The van der Waals surface area contributed by atoms with Gasteiger partial charge in [-0.25, -0.2) is 4.39 Å². The van der Waals surface area contributed by atoms with E-state index >= 15 is 0 Å². The molecular weight excluding hydrogens is 327 g/mol. The number of hydrogen-bond acceptors (Lipinski definition) is 2. The minimum atomic E-state index is -0.186. The molecule has 0 amide bonds. The largest absolute Gasteiger partial charge is 0.372 e. The van der Waals surface area contributed by atoms with Crippen LogP contribution >= 0.6 is 12.4 Å². The van der Waals surface area contributed by atoms with Crippen molar-refractivity contribution in [1.82, 2.24) is 0 Å². The highest BCUT2D eigenvalue weighted by Crippen LogP contribution is 2.44. The lowest BCUT2D eigenvalue weighted by molar-refractivity contribution is -0.129. The molecule has 0 N–H and O–H groups in total. The standard InChI is InChI=1S/C20H21FO2.ClH/c21-18-8-6-15(7-9-18)17-12-20(23-13-17)11-10-19(22-14-20)16-4-2-1-3-5-16;/h1-9,17,19H,10-14H2;1H. The number of halogens is 2. The van der Waals surface area contributed by atoms with Gasteiger partial charge in [-0.1, -0.05) is 42.5 Å². The molecule has 0 aromatic heterocycles. The summed E-state index contributed by atoms with van der Waals surface area (Å²) in [6.07, 6.45) is 3.14. The van der Waals surface area contributed by atoms with Crippen molar-refractivity contribution in [2.75, 3.05) is 13.2 Å². The second kappa shape index (κ2) is 7.22. The first-order valence-corrected chi connectivity index (χ1v) is 8.30. The predicted octanol–water partition coefficient (Wildman–Crippen LogP) is 5.04. The zero-order valence-corrected chi connectivity index (χ0v) is 14.3. The minimum absolute atomic E-state index is 0. The topological polar surface area (TPSA) is 18.5 Å². The summed E-state index contributed by atoms with van der Waals surface area (Å²) in [5, 5.41) is 0. The molecule has 4 rings (SSSR count). The summed E-state index contributed by atoms with van der Waals surface area (Å²) in [5.74, 6) is 0.154. The lowest BCUT2D eigenvalue weighted by Crippen LogP contribution is -2.39. The van der Waals surface area contributed by atoms with Gasteiger partial charge in [-0.3, -0.25) is 0 Å². The molecular formula is C20H22ClFO2. The van der Waals surface area contributed by atoms with Crippen molar-refractivity contribution in [1.29, 1.82) is 0 Å². The Kier molecular flexibility index (Phi) is 5.24.